The van der Waals surface area contributed by atoms with Crippen LogP contribution in [0.1, 0.15) is 12.0 Å². The number of pyridine rings is 1. The number of aryl methyl sites for hydroxylation is 1. The molecule has 0 saturated heterocycles. The van der Waals surface area contributed by atoms with E-state index < -0.39 is 0 Å². The summed E-state index contributed by atoms with van der Waals surface area (Å²) < 4.78 is 0. The Bertz CT molecular complexity index is 914. The van der Waals surface area contributed by atoms with E-state index in [-0.39, 0.29) is 0 Å². The second-order valence-electron chi connectivity index (χ2n) is 6.85. The van der Waals surface area contributed by atoms with Crippen LogP contribution in [0.25, 0.3) is 11.4 Å². The van der Waals surface area contributed by atoms with Crippen molar-refractivity contribution < 1.29 is 0 Å². The Morgan fingerprint density at radius 1 is 1.04 bits per heavy atom. The summed E-state index contributed by atoms with van der Waals surface area (Å²) in [6.45, 7) is 3.77. The van der Waals surface area contributed by atoms with Crippen molar-refractivity contribution in [2.24, 2.45) is 0 Å². The van der Waals surface area contributed by atoms with Crippen molar-refractivity contribution in [3.63, 3.8) is 0 Å². The molecule has 3 rings (SSSR count). The van der Waals surface area contributed by atoms with Crippen molar-refractivity contribution >= 4 is 29.1 Å². The van der Waals surface area contributed by atoms with E-state index in [4.69, 9.17) is 11.6 Å². The van der Waals surface area contributed by atoms with Gasteiger partial charge >= 0.3 is 0 Å². The quantitative estimate of drug-likeness (QED) is 0.542. The van der Waals surface area contributed by atoms with Gasteiger partial charge in [-0.05, 0) is 69.9 Å². The van der Waals surface area contributed by atoms with Gasteiger partial charge in [0.15, 0.2) is 0 Å². The predicted molar refractivity (Wildman–Crippen MR) is 116 cm³/mol. The molecule has 0 saturated carbocycles. The van der Waals surface area contributed by atoms with Crippen LogP contribution in [0.5, 0.6) is 0 Å². The smallest absolute Gasteiger partial charge is 0.225 e. The molecular weight excluding hydrogens is 372 g/mol. The first kappa shape index (κ1) is 20.0. The summed E-state index contributed by atoms with van der Waals surface area (Å²) in [5, 5.41) is 7.41. The fraction of sp³-hybridized carbons (Fsp3) is 0.286. The van der Waals surface area contributed by atoms with E-state index in [1.165, 1.54) is 0 Å². The molecule has 0 aliphatic heterocycles. The normalized spacial score (nSPS) is 10.9. The molecule has 7 heteroatoms. The minimum Gasteiger partial charge on any atom is -0.354 e. The number of anilines is 3. The van der Waals surface area contributed by atoms with Crippen LogP contribution >= 0.6 is 11.6 Å². The Hall–Kier alpha value is -2.70. The van der Waals surface area contributed by atoms with Crippen LogP contribution in [-0.4, -0.2) is 47.0 Å². The summed E-state index contributed by atoms with van der Waals surface area (Å²) in [5.41, 5.74) is 3.49. The minimum atomic E-state index is 0.579. The van der Waals surface area contributed by atoms with Gasteiger partial charge in [0.25, 0.3) is 0 Å². The van der Waals surface area contributed by atoms with Crippen LogP contribution < -0.4 is 10.6 Å². The molecule has 0 atom stereocenters. The van der Waals surface area contributed by atoms with Crippen molar-refractivity contribution in [3.8, 4) is 11.4 Å². The van der Waals surface area contributed by atoms with Gasteiger partial charge in [0.05, 0.1) is 11.4 Å². The van der Waals surface area contributed by atoms with Gasteiger partial charge in [-0.25, -0.2) is 4.98 Å². The lowest BCUT2D eigenvalue weighted by Crippen LogP contribution is -2.17. The number of benzene rings is 1. The van der Waals surface area contributed by atoms with Crippen molar-refractivity contribution in [2.75, 3.05) is 37.8 Å². The highest BCUT2D eigenvalue weighted by atomic mass is 35.5. The molecule has 0 unspecified atom stereocenters. The Labute approximate surface area is 171 Å². The first-order valence-corrected chi connectivity index (χ1v) is 9.61. The Morgan fingerprint density at radius 3 is 2.61 bits per heavy atom. The summed E-state index contributed by atoms with van der Waals surface area (Å²) in [4.78, 5) is 15.8. The Balaban J connectivity index is 1.85. The molecule has 3 aromatic rings. The summed E-state index contributed by atoms with van der Waals surface area (Å²) in [6.07, 6.45) is 2.76. The lowest BCUT2D eigenvalue weighted by molar-refractivity contribution is 0.405. The van der Waals surface area contributed by atoms with E-state index in [9.17, 15) is 0 Å². The molecule has 0 spiro atoms. The number of hydrogen-bond acceptors (Lipinski definition) is 6. The van der Waals surface area contributed by atoms with Gasteiger partial charge < -0.3 is 15.5 Å². The van der Waals surface area contributed by atoms with Crippen molar-refractivity contribution in [1.82, 2.24) is 19.9 Å². The summed E-state index contributed by atoms with van der Waals surface area (Å²) >= 11 is 6.13. The highest BCUT2D eigenvalue weighted by Gasteiger charge is 2.09. The standard InChI is InChI=1S/C21H25ClN6/c1-15-13-16(8-9-17(15)22)25-20-14-19(18-7-4-5-10-23-18)26-21(27-20)24-11-6-12-28(2)3/h4-5,7-10,13-14H,6,11-12H2,1-3H3,(H2,24,25,26,27). The third-order valence-electron chi connectivity index (χ3n) is 4.15. The molecule has 2 heterocycles. The van der Waals surface area contributed by atoms with E-state index >= 15 is 0 Å². The average molecular weight is 397 g/mol. The molecule has 0 aliphatic carbocycles. The Kier molecular flexibility index (Phi) is 6.79. The molecule has 6 nitrogen and oxygen atoms in total. The largest absolute Gasteiger partial charge is 0.354 e. The van der Waals surface area contributed by atoms with E-state index in [0.29, 0.717) is 11.8 Å². The lowest BCUT2D eigenvalue weighted by Gasteiger charge is -2.13. The van der Waals surface area contributed by atoms with Crippen LogP contribution in [-0.2, 0) is 0 Å². The zero-order valence-corrected chi connectivity index (χ0v) is 17.2. The molecule has 28 heavy (non-hydrogen) atoms. The molecule has 1 aromatic carbocycles. The number of hydrogen-bond donors (Lipinski definition) is 2. The van der Waals surface area contributed by atoms with Crippen molar-refractivity contribution in [2.45, 2.75) is 13.3 Å². The van der Waals surface area contributed by atoms with Gasteiger partial charge in [-0.15, -0.1) is 0 Å². The summed E-state index contributed by atoms with van der Waals surface area (Å²) in [5.74, 6) is 1.28. The van der Waals surface area contributed by atoms with Crippen LogP contribution in [0.3, 0.4) is 0 Å². The number of nitrogens with zero attached hydrogens (tertiary/aromatic N) is 4. The van der Waals surface area contributed by atoms with Crippen LogP contribution in [0.15, 0.2) is 48.7 Å². The molecule has 0 bridgehead atoms. The number of halogens is 1. The lowest BCUT2D eigenvalue weighted by atomic mass is 10.2. The first-order chi connectivity index (χ1) is 13.5. The monoisotopic (exact) mass is 396 g/mol. The number of nitrogens with one attached hydrogen (secondary N) is 2. The average Bonchev–Trinajstić information content (AvgIpc) is 2.68. The van der Waals surface area contributed by atoms with E-state index in [1.807, 2.05) is 49.4 Å². The highest BCUT2D eigenvalue weighted by molar-refractivity contribution is 6.31. The van der Waals surface area contributed by atoms with E-state index in [1.54, 1.807) is 6.20 Å². The molecule has 0 fully saturated rings. The molecule has 0 radical (unpaired) electrons. The van der Waals surface area contributed by atoms with E-state index in [2.05, 4.69) is 44.6 Å². The maximum atomic E-state index is 6.13. The fourth-order valence-electron chi connectivity index (χ4n) is 2.70. The highest BCUT2D eigenvalue weighted by Crippen LogP contribution is 2.25. The van der Waals surface area contributed by atoms with Crippen LogP contribution in [0, 0.1) is 6.92 Å². The summed E-state index contributed by atoms with van der Waals surface area (Å²) in [7, 11) is 4.13. The zero-order valence-electron chi connectivity index (χ0n) is 16.4. The maximum absolute atomic E-state index is 6.13. The van der Waals surface area contributed by atoms with Gasteiger partial charge in [-0.1, -0.05) is 17.7 Å². The minimum absolute atomic E-state index is 0.579. The molecule has 0 aliphatic rings. The Morgan fingerprint density at radius 2 is 1.89 bits per heavy atom. The predicted octanol–water partition coefficient (Wildman–Crippen LogP) is 4.61. The molecule has 2 aromatic heterocycles. The molecule has 146 valence electrons. The topological polar surface area (TPSA) is 66.0 Å². The zero-order chi connectivity index (χ0) is 19.9. The van der Waals surface area contributed by atoms with Crippen LogP contribution in [0.2, 0.25) is 5.02 Å². The first-order valence-electron chi connectivity index (χ1n) is 9.23. The fourth-order valence-corrected chi connectivity index (χ4v) is 2.82. The van der Waals surface area contributed by atoms with Gasteiger partial charge in [-0.2, -0.15) is 4.98 Å². The molecule has 0 amide bonds. The second-order valence-corrected chi connectivity index (χ2v) is 7.26. The SMILES string of the molecule is Cc1cc(Nc2cc(-c3ccccn3)nc(NCCCN(C)C)n2)ccc1Cl. The third-order valence-corrected chi connectivity index (χ3v) is 4.57. The van der Waals surface area contributed by atoms with Crippen molar-refractivity contribution in [1.29, 1.82) is 0 Å². The summed E-state index contributed by atoms with van der Waals surface area (Å²) in [6, 6.07) is 13.5. The van der Waals surface area contributed by atoms with Gasteiger partial charge in [-0.3, -0.25) is 4.98 Å². The molecular formula is C21H25ClN6. The van der Waals surface area contributed by atoms with Crippen molar-refractivity contribution in [3.05, 3.63) is 59.2 Å². The van der Waals surface area contributed by atoms with Gasteiger partial charge in [0.2, 0.25) is 5.95 Å². The molecule has 2 N–H and O–H groups in total. The second kappa shape index (κ2) is 9.48. The maximum Gasteiger partial charge on any atom is 0.225 e. The van der Waals surface area contributed by atoms with Crippen LogP contribution in [0.4, 0.5) is 17.5 Å². The number of aromatic nitrogens is 3. The third kappa shape index (κ3) is 5.65. The van der Waals surface area contributed by atoms with Gasteiger partial charge in [0.1, 0.15) is 5.82 Å². The number of rotatable bonds is 8. The van der Waals surface area contributed by atoms with Gasteiger partial charge in [0, 0.05) is 29.5 Å². The van der Waals surface area contributed by atoms with E-state index in [0.717, 1.165) is 47.2 Å².